The van der Waals surface area contributed by atoms with Gasteiger partial charge in [0, 0.05) is 25.7 Å². The molecule has 1 saturated heterocycles. The van der Waals surface area contributed by atoms with Crippen LogP contribution in [-0.4, -0.2) is 49.8 Å². The van der Waals surface area contributed by atoms with Gasteiger partial charge in [-0.2, -0.15) is 0 Å². The van der Waals surface area contributed by atoms with Crippen LogP contribution >= 0.6 is 0 Å². The van der Waals surface area contributed by atoms with Crippen molar-refractivity contribution in [1.82, 2.24) is 10.2 Å². The maximum atomic E-state index is 5.47. The van der Waals surface area contributed by atoms with E-state index in [1.54, 1.807) is 0 Å². The summed E-state index contributed by atoms with van der Waals surface area (Å²) >= 11 is 0. The molecule has 96 valence electrons. The molecule has 1 aliphatic heterocycles. The summed E-state index contributed by atoms with van der Waals surface area (Å²) in [7, 11) is 1.83. The summed E-state index contributed by atoms with van der Waals surface area (Å²) in [5, 5.41) is 3.58. The lowest BCUT2D eigenvalue weighted by atomic mass is 10.0. The quantitative estimate of drug-likeness (QED) is 0.751. The highest BCUT2D eigenvalue weighted by Gasteiger charge is 2.25. The van der Waals surface area contributed by atoms with E-state index in [4.69, 9.17) is 4.74 Å². The SMILES string of the molecule is CCCNC(C)C(C)N1CCCC(OC)C1. The summed E-state index contributed by atoms with van der Waals surface area (Å²) in [5.74, 6) is 0. The van der Waals surface area contributed by atoms with E-state index in [1.165, 1.54) is 25.8 Å². The maximum absolute atomic E-state index is 5.47. The van der Waals surface area contributed by atoms with E-state index >= 15 is 0 Å². The highest BCUT2D eigenvalue weighted by molar-refractivity contribution is 4.82. The van der Waals surface area contributed by atoms with Gasteiger partial charge >= 0.3 is 0 Å². The fraction of sp³-hybridized carbons (Fsp3) is 1.00. The van der Waals surface area contributed by atoms with Crippen molar-refractivity contribution < 1.29 is 4.74 Å². The van der Waals surface area contributed by atoms with Crippen molar-refractivity contribution in [2.24, 2.45) is 0 Å². The molecule has 0 saturated carbocycles. The van der Waals surface area contributed by atoms with Crippen LogP contribution in [0.4, 0.5) is 0 Å². The standard InChI is InChI=1S/C13H28N2O/c1-5-8-14-11(2)12(3)15-9-6-7-13(10-15)16-4/h11-14H,5-10H2,1-4H3. The van der Waals surface area contributed by atoms with E-state index in [1.807, 2.05) is 7.11 Å². The fourth-order valence-corrected chi connectivity index (χ4v) is 2.39. The molecule has 0 aromatic carbocycles. The number of piperidine rings is 1. The van der Waals surface area contributed by atoms with E-state index in [0.717, 1.165) is 13.1 Å². The Labute approximate surface area is 101 Å². The van der Waals surface area contributed by atoms with E-state index in [2.05, 4.69) is 31.0 Å². The molecule has 1 fully saturated rings. The van der Waals surface area contributed by atoms with E-state index in [0.29, 0.717) is 18.2 Å². The third kappa shape index (κ3) is 4.04. The van der Waals surface area contributed by atoms with Crippen LogP contribution in [0.25, 0.3) is 0 Å². The van der Waals surface area contributed by atoms with E-state index in [9.17, 15) is 0 Å². The number of rotatable bonds is 6. The van der Waals surface area contributed by atoms with Gasteiger partial charge in [0.25, 0.3) is 0 Å². The van der Waals surface area contributed by atoms with Gasteiger partial charge in [-0.1, -0.05) is 6.92 Å². The van der Waals surface area contributed by atoms with Crippen LogP contribution in [-0.2, 0) is 4.74 Å². The second kappa shape index (κ2) is 7.25. The number of ether oxygens (including phenoxy) is 1. The zero-order chi connectivity index (χ0) is 12.0. The van der Waals surface area contributed by atoms with Crippen LogP contribution < -0.4 is 5.32 Å². The number of hydrogen-bond donors (Lipinski definition) is 1. The Morgan fingerprint density at radius 1 is 1.44 bits per heavy atom. The first-order chi connectivity index (χ1) is 7.69. The molecule has 0 amide bonds. The molecule has 0 aromatic heterocycles. The molecular formula is C13H28N2O. The van der Waals surface area contributed by atoms with Crippen molar-refractivity contribution >= 4 is 0 Å². The van der Waals surface area contributed by atoms with Crippen LogP contribution in [0.2, 0.25) is 0 Å². The molecule has 16 heavy (non-hydrogen) atoms. The molecular weight excluding hydrogens is 200 g/mol. The lowest BCUT2D eigenvalue weighted by Crippen LogP contribution is -2.51. The van der Waals surface area contributed by atoms with Gasteiger partial charge in [0.1, 0.15) is 0 Å². The zero-order valence-electron chi connectivity index (χ0n) is 11.3. The van der Waals surface area contributed by atoms with E-state index < -0.39 is 0 Å². The van der Waals surface area contributed by atoms with Crippen molar-refractivity contribution in [3.8, 4) is 0 Å². The summed E-state index contributed by atoms with van der Waals surface area (Å²) < 4.78 is 5.47. The third-order valence-corrected chi connectivity index (χ3v) is 3.76. The molecule has 0 aliphatic carbocycles. The van der Waals surface area contributed by atoms with Gasteiger partial charge in [-0.05, 0) is 46.2 Å². The second-order valence-corrected chi connectivity index (χ2v) is 4.98. The summed E-state index contributed by atoms with van der Waals surface area (Å²) in [6, 6.07) is 1.17. The number of likely N-dealkylation sites (tertiary alicyclic amines) is 1. The Balaban J connectivity index is 2.36. The molecule has 1 rings (SSSR count). The maximum Gasteiger partial charge on any atom is 0.0698 e. The average molecular weight is 228 g/mol. The highest BCUT2D eigenvalue weighted by Crippen LogP contribution is 2.16. The average Bonchev–Trinajstić information content (AvgIpc) is 2.35. The first-order valence-electron chi connectivity index (χ1n) is 6.69. The topological polar surface area (TPSA) is 24.5 Å². The van der Waals surface area contributed by atoms with Crippen molar-refractivity contribution in [2.45, 2.75) is 58.2 Å². The van der Waals surface area contributed by atoms with Gasteiger partial charge < -0.3 is 10.1 Å². The van der Waals surface area contributed by atoms with Crippen LogP contribution in [0.1, 0.15) is 40.0 Å². The third-order valence-electron chi connectivity index (χ3n) is 3.76. The molecule has 1 heterocycles. The number of nitrogens with zero attached hydrogens (tertiary/aromatic N) is 1. The second-order valence-electron chi connectivity index (χ2n) is 4.98. The Kier molecular flexibility index (Phi) is 6.32. The van der Waals surface area contributed by atoms with Crippen molar-refractivity contribution in [2.75, 3.05) is 26.7 Å². The fourth-order valence-electron chi connectivity index (χ4n) is 2.39. The van der Waals surface area contributed by atoms with Crippen LogP contribution in [0.3, 0.4) is 0 Å². The molecule has 0 radical (unpaired) electrons. The lowest BCUT2D eigenvalue weighted by Gasteiger charge is -2.39. The Bertz CT molecular complexity index is 187. The Hall–Kier alpha value is -0.120. The minimum Gasteiger partial charge on any atom is -0.380 e. The molecule has 1 N–H and O–H groups in total. The minimum absolute atomic E-state index is 0.439. The first-order valence-corrected chi connectivity index (χ1v) is 6.69. The Morgan fingerprint density at radius 2 is 2.19 bits per heavy atom. The Morgan fingerprint density at radius 3 is 2.81 bits per heavy atom. The molecule has 0 aromatic rings. The first kappa shape index (κ1) is 13.9. The molecule has 0 spiro atoms. The van der Waals surface area contributed by atoms with Crippen molar-refractivity contribution in [3.63, 3.8) is 0 Å². The molecule has 3 unspecified atom stereocenters. The highest BCUT2D eigenvalue weighted by atomic mass is 16.5. The summed E-state index contributed by atoms with van der Waals surface area (Å²) in [4.78, 5) is 2.56. The van der Waals surface area contributed by atoms with Gasteiger partial charge in [-0.15, -0.1) is 0 Å². The van der Waals surface area contributed by atoms with Gasteiger partial charge in [0.05, 0.1) is 6.10 Å². The van der Waals surface area contributed by atoms with Gasteiger partial charge in [-0.3, -0.25) is 4.90 Å². The van der Waals surface area contributed by atoms with E-state index in [-0.39, 0.29) is 0 Å². The monoisotopic (exact) mass is 228 g/mol. The smallest absolute Gasteiger partial charge is 0.0698 e. The predicted octanol–water partition coefficient (Wildman–Crippen LogP) is 1.87. The van der Waals surface area contributed by atoms with Crippen LogP contribution in [0.15, 0.2) is 0 Å². The van der Waals surface area contributed by atoms with Gasteiger partial charge in [-0.25, -0.2) is 0 Å². The van der Waals surface area contributed by atoms with Crippen molar-refractivity contribution in [3.05, 3.63) is 0 Å². The number of nitrogens with one attached hydrogen (secondary N) is 1. The summed E-state index contributed by atoms with van der Waals surface area (Å²) in [6.45, 7) is 10.3. The largest absolute Gasteiger partial charge is 0.380 e. The summed E-state index contributed by atoms with van der Waals surface area (Å²) in [6.07, 6.45) is 4.13. The van der Waals surface area contributed by atoms with Gasteiger partial charge in [0.2, 0.25) is 0 Å². The van der Waals surface area contributed by atoms with Gasteiger partial charge in [0.15, 0.2) is 0 Å². The van der Waals surface area contributed by atoms with Crippen LogP contribution in [0, 0.1) is 0 Å². The zero-order valence-corrected chi connectivity index (χ0v) is 11.3. The molecule has 3 heteroatoms. The molecule has 3 atom stereocenters. The molecule has 3 nitrogen and oxygen atoms in total. The molecule has 0 bridgehead atoms. The normalized spacial score (nSPS) is 26.6. The number of methoxy groups -OCH3 is 1. The molecule has 1 aliphatic rings. The lowest BCUT2D eigenvalue weighted by molar-refractivity contribution is 0.0120. The minimum atomic E-state index is 0.439. The predicted molar refractivity (Wildman–Crippen MR) is 68.8 cm³/mol. The number of hydrogen-bond acceptors (Lipinski definition) is 3. The summed E-state index contributed by atoms with van der Waals surface area (Å²) in [5.41, 5.74) is 0. The van der Waals surface area contributed by atoms with Crippen LogP contribution in [0.5, 0.6) is 0 Å². The van der Waals surface area contributed by atoms with Crippen molar-refractivity contribution in [1.29, 1.82) is 0 Å².